The van der Waals surface area contributed by atoms with Crippen LogP contribution >= 0.6 is 0 Å². The van der Waals surface area contributed by atoms with Crippen LogP contribution in [0, 0.1) is 5.92 Å². The molecule has 98 valence electrons. The molecular formula is C14H32N2. The summed E-state index contributed by atoms with van der Waals surface area (Å²) in [5.41, 5.74) is 0.297. The molecule has 0 radical (unpaired) electrons. The van der Waals surface area contributed by atoms with Gasteiger partial charge in [-0.3, -0.25) is 0 Å². The minimum atomic E-state index is 0.297. The molecule has 0 aliphatic carbocycles. The topological polar surface area (TPSA) is 15.3 Å². The number of nitrogens with one attached hydrogen (secondary N) is 1. The minimum absolute atomic E-state index is 0.297. The monoisotopic (exact) mass is 228 g/mol. The van der Waals surface area contributed by atoms with Gasteiger partial charge in [-0.1, -0.05) is 41.0 Å². The highest BCUT2D eigenvalue weighted by atomic mass is 15.2. The highest BCUT2D eigenvalue weighted by Crippen LogP contribution is 2.31. The molecule has 1 N–H and O–H groups in total. The Kier molecular flexibility index (Phi) is 7.25. The Morgan fingerprint density at radius 1 is 1.06 bits per heavy atom. The first-order valence-corrected chi connectivity index (χ1v) is 6.90. The molecule has 2 atom stereocenters. The zero-order valence-corrected chi connectivity index (χ0v) is 12.4. The van der Waals surface area contributed by atoms with Crippen molar-refractivity contribution in [2.24, 2.45) is 5.92 Å². The third-order valence-electron chi connectivity index (χ3n) is 4.33. The maximum absolute atomic E-state index is 3.72. The van der Waals surface area contributed by atoms with E-state index in [1.165, 1.54) is 19.3 Å². The van der Waals surface area contributed by atoms with E-state index in [4.69, 9.17) is 0 Å². The highest BCUT2D eigenvalue weighted by Gasteiger charge is 2.39. The van der Waals surface area contributed by atoms with Crippen molar-refractivity contribution in [2.75, 3.05) is 20.6 Å². The average Bonchev–Trinajstić information content (AvgIpc) is 2.28. The molecule has 0 aromatic carbocycles. The molecule has 2 unspecified atom stereocenters. The zero-order chi connectivity index (χ0) is 12.8. The van der Waals surface area contributed by atoms with Gasteiger partial charge >= 0.3 is 0 Å². The molecule has 0 fully saturated rings. The maximum atomic E-state index is 3.72. The summed E-state index contributed by atoms with van der Waals surface area (Å²) in [6, 6.07) is 0.590. The molecule has 0 aromatic heterocycles. The summed E-state index contributed by atoms with van der Waals surface area (Å²) in [7, 11) is 4.44. The van der Waals surface area contributed by atoms with Crippen LogP contribution in [0.2, 0.25) is 0 Å². The molecule has 2 nitrogen and oxygen atoms in total. The normalized spacial score (nSPS) is 16.5. The molecule has 0 spiro atoms. The summed E-state index contributed by atoms with van der Waals surface area (Å²) in [6.07, 6.45) is 3.66. The summed E-state index contributed by atoms with van der Waals surface area (Å²) in [5, 5.41) is 3.72. The Hall–Kier alpha value is -0.0800. The van der Waals surface area contributed by atoms with Crippen LogP contribution < -0.4 is 5.32 Å². The Morgan fingerprint density at radius 3 is 1.81 bits per heavy atom. The fourth-order valence-corrected chi connectivity index (χ4v) is 2.98. The predicted molar refractivity (Wildman–Crippen MR) is 73.9 cm³/mol. The lowest BCUT2D eigenvalue weighted by Crippen LogP contribution is -2.60. The lowest BCUT2D eigenvalue weighted by atomic mass is 9.76. The lowest BCUT2D eigenvalue weighted by Gasteiger charge is -2.48. The van der Waals surface area contributed by atoms with Gasteiger partial charge in [0.2, 0.25) is 0 Å². The van der Waals surface area contributed by atoms with Crippen molar-refractivity contribution in [2.45, 2.75) is 65.5 Å². The van der Waals surface area contributed by atoms with Gasteiger partial charge in [0.05, 0.1) is 0 Å². The van der Waals surface area contributed by atoms with Crippen molar-refractivity contribution in [3.8, 4) is 0 Å². The fraction of sp³-hybridized carbons (Fsp3) is 1.00. The van der Waals surface area contributed by atoms with Gasteiger partial charge in [-0.05, 0) is 39.4 Å². The smallest absolute Gasteiger partial charge is 0.0353 e. The van der Waals surface area contributed by atoms with Crippen LogP contribution in [0.1, 0.15) is 53.9 Å². The van der Waals surface area contributed by atoms with E-state index in [1.807, 2.05) is 0 Å². The first-order valence-electron chi connectivity index (χ1n) is 6.90. The second-order valence-electron chi connectivity index (χ2n) is 5.13. The first kappa shape index (κ1) is 15.9. The van der Waals surface area contributed by atoms with Crippen LogP contribution in [-0.4, -0.2) is 37.1 Å². The molecule has 2 heteroatoms. The minimum Gasteiger partial charge on any atom is -0.312 e. The van der Waals surface area contributed by atoms with Gasteiger partial charge in [0.1, 0.15) is 0 Å². The van der Waals surface area contributed by atoms with Crippen molar-refractivity contribution in [3.63, 3.8) is 0 Å². The first-order chi connectivity index (χ1) is 7.49. The molecule has 0 aliphatic rings. The van der Waals surface area contributed by atoms with Crippen molar-refractivity contribution in [1.82, 2.24) is 10.2 Å². The Balaban J connectivity index is 5.07. The van der Waals surface area contributed by atoms with E-state index in [2.05, 4.69) is 58.9 Å². The molecular weight excluding hydrogens is 196 g/mol. The van der Waals surface area contributed by atoms with E-state index in [-0.39, 0.29) is 0 Å². The van der Waals surface area contributed by atoms with E-state index in [9.17, 15) is 0 Å². The second kappa shape index (κ2) is 7.29. The summed E-state index contributed by atoms with van der Waals surface area (Å²) >= 11 is 0. The van der Waals surface area contributed by atoms with Crippen LogP contribution in [-0.2, 0) is 0 Å². The average molecular weight is 228 g/mol. The molecule has 0 saturated carbocycles. The van der Waals surface area contributed by atoms with Crippen molar-refractivity contribution >= 4 is 0 Å². The predicted octanol–water partition coefficient (Wildman–Crippen LogP) is 3.13. The van der Waals surface area contributed by atoms with Gasteiger partial charge in [0, 0.05) is 11.6 Å². The van der Waals surface area contributed by atoms with Crippen molar-refractivity contribution in [1.29, 1.82) is 0 Å². The third-order valence-corrected chi connectivity index (χ3v) is 4.33. The van der Waals surface area contributed by atoms with Gasteiger partial charge < -0.3 is 10.2 Å². The van der Waals surface area contributed by atoms with Crippen LogP contribution in [0.15, 0.2) is 0 Å². The number of hydrogen-bond acceptors (Lipinski definition) is 2. The molecule has 0 aliphatic heterocycles. The lowest BCUT2D eigenvalue weighted by molar-refractivity contribution is 0.0628. The summed E-state index contributed by atoms with van der Waals surface area (Å²) in [4.78, 5) is 2.42. The van der Waals surface area contributed by atoms with Gasteiger partial charge in [-0.2, -0.15) is 0 Å². The van der Waals surface area contributed by atoms with Crippen LogP contribution in [0.25, 0.3) is 0 Å². The van der Waals surface area contributed by atoms with Crippen molar-refractivity contribution < 1.29 is 0 Å². The number of rotatable bonds is 8. The van der Waals surface area contributed by atoms with Gasteiger partial charge in [0.15, 0.2) is 0 Å². The SMILES string of the molecule is CCNC(C(C)CC)C(CC)(CC)N(C)C. The van der Waals surface area contributed by atoms with E-state index in [0.29, 0.717) is 11.6 Å². The van der Waals surface area contributed by atoms with Crippen LogP contribution in [0.3, 0.4) is 0 Å². The zero-order valence-electron chi connectivity index (χ0n) is 12.4. The molecule has 0 saturated heterocycles. The Bertz CT molecular complexity index is 174. The van der Waals surface area contributed by atoms with Gasteiger partial charge in [-0.25, -0.2) is 0 Å². The number of hydrogen-bond donors (Lipinski definition) is 1. The molecule has 0 aromatic rings. The van der Waals surface area contributed by atoms with Crippen LogP contribution in [0.5, 0.6) is 0 Å². The van der Waals surface area contributed by atoms with E-state index >= 15 is 0 Å². The molecule has 0 heterocycles. The highest BCUT2D eigenvalue weighted by molar-refractivity contribution is 4.98. The number of nitrogens with zero attached hydrogens (tertiary/aromatic N) is 1. The maximum Gasteiger partial charge on any atom is 0.0353 e. The molecule has 16 heavy (non-hydrogen) atoms. The molecule has 0 amide bonds. The van der Waals surface area contributed by atoms with Crippen molar-refractivity contribution in [3.05, 3.63) is 0 Å². The van der Waals surface area contributed by atoms with E-state index < -0.39 is 0 Å². The third kappa shape index (κ3) is 3.21. The summed E-state index contributed by atoms with van der Waals surface area (Å²) in [6.45, 7) is 12.6. The second-order valence-corrected chi connectivity index (χ2v) is 5.13. The van der Waals surface area contributed by atoms with Gasteiger partial charge in [0.25, 0.3) is 0 Å². The van der Waals surface area contributed by atoms with E-state index in [0.717, 1.165) is 12.5 Å². The standard InChI is InChI=1S/C14H32N2/c1-8-12(5)13(15-11-4)14(9-2,10-3)16(6)7/h12-13,15H,8-11H2,1-7H3. The van der Waals surface area contributed by atoms with Gasteiger partial charge in [-0.15, -0.1) is 0 Å². The molecule has 0 bridgehead atoms. The van der Waals surface area contributed by atoms with Crippen LogP contribution in [0.4, 0.5) is 0 Å². The Morgan fingerprint density at radius 2 is 1.56 bits per heavy atom. The summed E-state index contributed by atoms with van der Waals surface area (Å²) in [5.74, 6) is 0.724. The number of likely N-dealkylation sites (N-methyl/N-ethyl adjacent to an activating group) is 2. The molecule has 0 rings (SSSR count). The largest absolute Gasteiger partial charge is 0.312 e. The Labute approximate surface area is 103 Å². The summed E-state index contributed by atoms with van der Waals surface area (Å²) < 4.78 is 0. The quantitative estimate of drug-likeness (QED) is 0.686. The van der Waals surface area contributed by atoms with E-state index in [1.54, 1.807) is 0 Å². The fourth-order valence-electron chi connectivity index (χ4n) is 2.98.